The molecule has 1 unspecified atom stereocenters. The highest BCUT2D eigenvalue weighted by molar-refractivity contribution is 5.93. The minimum atomic E-state index is -0.0507. The molecular weight excluding hydrogens is 250 g/mol. The molecule has 0 spiro atoms. The molecule has 1 aromatic carbocycles. The molecule has 0 radical (unpaired) electrons. The lowest BCUT2D eigenvalue weighted by Gasteiger charge is -2.11. The van der Waals surface area contributed by atoms with Gasteiger partial charge in [-0.15, -0.1) is 0 Å². The zero-order chi connectivity index (χ0) is 14.4. The van der Waals surface area contributed by atoms with Crippen LogP contribution in [0.25, 0.3) is 0 Å². The Morgan fingerprint density at radius 3 is 2.80 bits per heavy atom. The van der Waals surface area contributed by atoms with Crippen LogP contribution in [-0.4, -0.2) is 21.7 Å². The number of benzene rings is 1. The molecule has 1 heterocycles. The molecule has 1 amide bonds. The van der Waals surface area contributed by atoms with E-state index in [-0.39, 0.29) is 11.9 Å². The largest absolute Gasteiger partial charge is 0.349 e. The van der Waals surface area contributed by atoms with Crippen molar-refractivity contribution < 1.29 is 4.79 Å². The number of hydrogen-bond donors (Lipinski definition) is 1. The lowest BCUT2D eigenvalue weighted by Crippen LogP contribution is -2.32. The van der Waals surface area contributed by atoms with Crippen LogP contribution in [0.3, 0.4) is 0 Å². The second kappa shape index (κ2) is 6.89. The average molecular weight is 271 g/mol. The van der Waals surface area contributed by atoms with Crippen LogP contribution in [0.15, 0.2) is 42.7 Å². The molecule has 0 fully saturated rings. The van der Waals surface area contributed by atoms with Crippen molar-refractivity contribution in [1.82, 2.24) is 15.1 Å². The fraction of sp³-hybridized carbons (Fsp3) is 0.375. The van der Waals surface area contributed by atoms with Crippen molar-refractivity contribution in [2.24, 2.45) is 0 Å². The van der Waals surface area contributed by atoms with Gasteiger partial charge in [0.05, 0.1) is 18.3 Å². The Bertz CT molecular complexity index is 548. The Hall–Kier alpha value is -2.10. The highest BCUT2D eigenvalue weighted by atomic mass is 16.1. The Labute approximate surface area is 119 Å². The quantitative estimate of drug-likeness (QED) is 0.878. The monoisotopic (exact) mass is 271 g/mol. The van der Waals surface area contributed by atoms with Gasteiger partial charge in [0.2, 0.25) is 0 Å². The number of nitrogens with one attached hydrogen (secondary N) is 1. The van der Waals surface area contributed by atoms with E-state index in [2.05, 4.69) is 17.3 Å². The second-order valence-corrected chi connectivity index (χ2v) is 5.08. The van der Waals surface area contributed by atoms with Crippen LogP contribution >= 0.6 is 0 Å². The number of nitrogens with zero attached hydrogens (tertiary/aromatic N) is 2. The molecule has 2 aromatic rings. The van der Waals surface area contributed by atoms with Crippen molar-refractivity contribution in [1.29, 1.82) is 0 Å². The minimum Gasteiger partial charge on any atom is -0.349 e. The van der Waals surface area contributed by atoms with Crippen LogP contribution in [0.5, 0.6) is 0 Å². The van der Waals surface area contributed by atoms with Gasteiger partial charge in [0.15, 0.2) is 0 Å². The standard InChI is InChI=1S/C16H21N3O/c1-3-7-13(2)18-16(20)15-10-17-19(12-15)11-14-8-5-4-6-9-14/h4-6,8-10,12-13H,3,7,11H2,1-2H3,(H,18,20). The van der Waals surface area contributed by atoms with Gasteiger partial charge in [0.25, 0.3) is 5.91 Å². The van der Waals surface area contributed by atoms with Gasteiger partial charge in [-0.3, -0.25) is 9.48 Å². The van der Waals surface area contributed by atoms with Gasteiger partial charge in [-0.2, -0.15) is 5.10 Å². The molecular formula is C16H21N3O. The number of amides is 1. The van der Waals surface area contributed by atoms with Crippen molar-refractivity contribution in [3.8, 4) is 0 Å². The summed E-state index contributed by atoms with van der Waals surface area (Å²) in [4.78, 5) is 12.0. The molecule has 1 atom stereocenters. The van der Waals surface area contributed by atoms with Gasteiger partial charge in [0, 0.05) is 12.2 Å². The van der Waals surface area contributed by atoms with E-state index in [9.17, 15) is 4.79 Å². The Morgan fingerprint density at radius 2 is 2.10 bits per heavy atom. The molecule has 20 heavy (non-hydrogen) atoms. The molecule has 1 N–H and O–H groups in total. The zero-order valence-corrected chi connectivity index (χ0v) is 12.0. The van der Waals surface area contributed by atoms with E-state index in [1.807, 2.05) is 37.3 Å². The minimum absolute atomic E-state index is 0.0507. The van der Waals surface area contributed by atoms with Gasteiger partial charge >= 0.3 is 0 Å². The summed E-state index contributed by atoms with van der Waals surface area (Å²) in [6.07, 6.45) is 5.47. The third-order valence-electron chi connectivity index (χ3n) is 3.18. The van der Waals surface area contributed by atoms with Crippen LogP contribution in [0.1, 0.15) is 42.6 Å². The van der Waals surface area contributed by atoms with Gasteiger partial charge in [-0.1, -0.05) is 43.7 Å². The van der Waals surface area contributed by atoms with Crippen molar-refractivity contribution in [2.45, 2.75) is 39.3 Å². The summed E-state index contributed by atoms with van der Waals surface area (Å²) in [5, 5.41) is 7.22. The second-order valence-electron chi connectivity index (χ2n) is 5.08. The summed E-state index contributed by atoms with van der Waals surface area (Å²) in [5.74, 6) is -0.0507. The molecule has 4 heteroatoms. The number of carbonyl (C=O) groups excluding carboxylic acids is 1. The van der Waals surface area contributed by atoms with E-state index in [0.29, 0.717) is 12.1 Å². The molecule has 0 aliphatic rings. The third-order valence-corrected chi connectivity index (χ3v) is 3.18. The predicted octanol–water partition coefficient (Wildman–Crippen LogP) is 2.85. The summed E-state index contributed by atoms with van der Waals surface area (Å²) in [5.41, 5.74) is 1.78. The van der Waals surface area contributed by atoms with Crippen molar-refractivity contribution in [3.63, 3.8) is 0 Å². The van der Waals surface area contributed by atoms with Gasteiger partial charge < -0.3 is 5.32 Å². The number of rotatable bonds is 6. The summed E-state index contributed by atoms with van der Waals surface area (Å²) in [6.45, 7) is 4.81. The lowest BCUT2D eigenvalue weighted by atomic mass is 10.2. The Balaban J connectivity index is 1.96. The molecule has 0 aliphatic heterocycles. The van der Waals surface area contributed by atoms with Gasteiger partial charge in [-0.05, 0) is 18.9 Å². The first-order valence-corrected chi connectivity index (χ1v) is 7.06. The van der Waals surface area contributed by atoms with Crippen LogP contribution in [0.2, 0.25) is 0 Å². The maximum Gasteiger partial charge on any atom is 0.254 e. The number of hydrogen-bond acceptors (Lipinski definition) is 2. The molecule has 0 saturated heterocycles. The van der Waals surface area contributed by atoms with Crippen molar-refractivity contribution in [2.75, 3.05) is 0 Å². The first-order chi connectivity index (χ1) is 9.69. The Kier molecular flexibility index (Phi) is 4.93. The van der Waals surface area contributed by atoms with Crippen LogP contribution in [0.4, 0.5) is 0 Å². The van der Waals surface area contributed by atoms with E-state index in [0.717, 1.165) is 12.8 Å². The van der Waals surface area contributed by atoms with E-state index in [4.69, 9.17) is 0 Å². The molecule has 106 valence electrons. The number of aromatic nitrogens is 2. The summed E-state index contributed by atoms with van der Waals surface area (Å²) in [6, 6.07) is 10.3. The van der Waals surface area contributed by atoms with Gasteiger partial charge in [0.1, 0.15) is 0 Å². The fourth-order valence-corrected chi connectivity index (χ4v) is 2.15. The van der Waals surface area contributed by atoms with Crippen LogP contribution in [-0.2, 0) is 6.54 Å². The molecule has 1 aromatic heterocycles. The molecule has 4 nitrogen and oxygen atoms in total. The zero-order valence-electron chi connectivity index (χ0n) is 12.0. The maximum absolute atomic E-state index is 12.0. The molecule has 0 saturated carbocycles. The number of carbonyl (C=O) groups is 1. The highest BCUT2D eigenvalue weighted by Gasteiger charge is 2.11. The van der Waals surface area contributed by atoms with E-state index in [1.165, 1.54) is 5.56 Å². The Morgan fingerprint density at radius 1 is 1.35 bits per heavy atom. The summed E-state index contributed by atoms with van der Waals surface area (Å²) in [7, 11) is 0. The van der Waals surface area contributed by atoms with Crippen molar-refractivity contribution >= 4 is 5.91 Å². The summed E-state index contributed by atoms with van der Waals surface area (Å²) < 4.78 is 1.79. The molecule has 0 aliphatic carbocycles. The topological polar surface area (TPSA) is 46.9 Å². The van der Waals surface area contributed by atoms with Crippen LogP contribution < -0.4 is 5.32 Å². The maximum atomic E-state index is 12.0. The predicted molar refractivity (Wildman–Crippen MR) is 79.6 cm³/mol. The average Bonchev–Trinajstić information content (AvgIpc) is 2.89. The molecule has 0 bridgehead atoms. The van der Waals surface area contributed by atoms with Gasteiger partial charge in [-0.25, -0.2) is 0 Å². The SMILES string of the molecule is CCCC(C)NC(=O)c1cnn(Cc2ccccc2)c1. The summed E-state index contributed by atoms with van der Waals surface area (Å²) >= 11 is 0. The fourth-order valence-electron chi connectivity index (χ4n) is 2.15. The first kappa shape index (κ1) is 14.3. The van der Waals surface area contributed by atoms with E-state index >= 15 is 0 Å². The smallest absolute Gasteiger partial charge is 0.254 e. The first-order valence-electron chi connectivity index (χ1n) is 7.06. The van der Waals surface area contributed by atoms with E-state index < -0.39 is 0 Å². The van der Waals surface area contributed by atoms with E-state index in [1.54, 1.807) is 17.1 Å². The van der Waals surface area contributed by atoms with Crippen LogP contribution in [0, 0.1) is 0 Å². The normalized spacial score (nSPS) is 12.1. The highest BCUT2D eigenvalue weighted by Crippen LogP contribution is 2.05. The lowest BCUT2D eigenvalue weighted by molar-refractivity contribution is 0.0938. The third kappa shape index (κ3) is 3.95. The molecule has 2 rings (SSSR count). The van der Waals surface area contributed by atoms with Crippen molar-refractivity contribution in [3.05, 3.63) is 53.9 Å².